The topological polar surface area (TPSA) is 76.5 Å². The second-order valence-electron chi connectivity index (χ2n) is 4.55. The predicted molar refractivity (Wildman–Crippen MR) is 68.6 cm³/mol. The standard InChI is InChI=1S/C11H15ClN4O2/c1-7(8-5-13-9(12)14-6-8)15-16-10(17)18-11(2,3)4/h5-6H,1-4H3,(H,16,17). The fraction of sp³-hybridized carbons (Fsp3) is 0.455. The molecule has 1 amide bonds. The van der Waals surface area contributed by atoms with Gasteiger partial charge in [0.15, 0.2) is 0 Å². The molecule has 0 saturated carbocycles. The molecule has 0 unspecified atom stereocenters. The normalized spacial score (nSPS) is 12.2. The monoisotopic (exact) mass is 270 g/mol. The number of hydrogen-bond acceptors (Lipinski definition) is 5. The average Bonchev–Trinajstić information content (AvgIpc) is 2.24. The lowest BCUT2D eigenvalue weighted by Crippen LogP contribution is -2.30. The minimum Gasteiger partial charge on any atom is -0.443 e. The molecule has 18 heavy (non-hydrogen) atoms. The Balaban J connectivity index is 2.62. The van der Waals surface area contributed by atoms with Crippen LogP contribution in [0.15, 0.2) is 17.5 Å². The van der Waals surface area contributed by atoms with Crippen LogP contribution in [0.5, 0.6) is 0 Å². The fourth-order valence-electron chi connectivity index (χ4n) is 0.994. The second-order valence-corrected chi connectivity index (χ2v) is 4.89. The van der Waals surface area contributed by atoms with Crippen molar-refractivity contribution in [1.82, 2.24) is 15.4 Å². The molecule has 1 rings (SSSR count). The van der Waals surface area contributed by atoms with E-state index >= 15 is 0 Å². The maximum Gasteiger partial charge on any atom is 0.428 e. The van der Waals surface area contributed by atoms with Crippen molar-refractivity contribution < 1.29 is 9.53 Å². The average molecular weight is 271 g/mol. The first-order valence-electron chi connectivity index (χ1n) is 5.29. The Morgan fingerprint density at radius 1 is 1.39 bits per heavy atom. The molecule has 98 valence electrons. The van der Waals surface area contributed by atoms with Gasteiger partial charge in [0, 0.05) is 18.0 Å². The number of nitrogens with one attached hydrogen (secondary N) is 1. The first-order valence-corrected chi connectivity index (χ1v) is 5.67. The Bertz CT molecular complexity index is 451. The van der Waals surface area contributed by atoms with Gasteiger partial charge in [0.1, 0.15) is 5.60 Å². The number of carbonyl (C=O) groups is 1. The largest absolute Gasteiger partial charge is 0.443 e. The first kappa shape index (κ1) is 14.4. The van der Waals surface area contributed by atoms with Gasteiger partial charge in [0.05, 0.1) is 5.71 Å². The smallest absolute Gasteiger partial charge is 0.428 e. The number of hydrogen-bond donors (Lipinski definition) is 1. The van der Waals surface area contributed by atoms with E-state index in [0.717, 1.165) is 0 Å². The molecule has 1 heterocycles. The van der Waals surface area contributed by atoms with Gasteiger partial charge in [-0.05, 0) is 39.3 Å². The van der Waals surface area contributed by atoms with Crippen LogP contribution in [0.25, 0.3) is 0 Å². The Hall–Kier alpha value is -1.69. The van der Waals surface area contributed by atoms with Crippen molar-refractivity contribution in [3.63, 3.8) is 0 Å². The molecule has 0 saturated heterocycles. The van der Waals surface area contributed by atoms with Crippen LogP contribution in [0, 0.1) is 0 Å². The summed E-state index contributed by atoms with van der Waals surface area (Å²) >= 11 is 5.56. The van der Waals surface area contributed by atoms with Gasteiger partial charge in [0.2, 0.25) is 5.28 Å². The Kier molecular flexibility index (Phi) is 4.61. The van der Waals surface area contributed by atoms with E-state index in [0.29, 0.717) is 11.3 Å². The zero-order chi connectivity index (χ0) is 13.8. The van der Waals surface area contributed by atoms with Crippen molar-refractivity contribution in [3.8, 4) is 0 Å². The third-order valence-electron chi connectivity index (χ3n) is 1.75. The van der Waals surface area contributed by atoms with Crippen LogP contribution < -0.4 is 5.43 Å². The van der Waals surface area contributed by atoms with Gasteiger partial charge in [-0.25, -0.2) is 20.2 Å². The van der Waals surface area contributed by atoms with Crippen molar-refractivity contribution in [2.45, 2.75) is 33.3 Å². The molecule has 0 radical (unpaired) electrons. The van der Waals surface area contributed by atoms with Crippen molar-refractivity contribution >= 4 is 23.4 Å². The fourth-order valence-corrected chi connectivity index (χ4v) is 1.09. The van der Waals surface area contributed by atoms with Gasteiger partial charge in [-0.2, -0.15) is 5.10 Å². The lowest BCUT2D eigenvalue weighted by atomic mass is 10.2. The van der Waals surface area contributed by atoms with Crippen LogP contribution >= 0.6 is 11.6 Å². The summed E-state index contributed by atoms with van der Waals surface area (Å²) in [4.78, 5) is 19.0. The molecule has 0 aliphatic carbocycles. The number of amides is 1. The molecule has 0 atom stereocenters. The lowest BCUT2D eigenvalue weighted by Gasteiger charge is -2.18. The molecule has 0 aliphatic rings. The lowest BCUT2D eigenvalue weighted by molar-refractivity contribution is 0.0529. The number of nitrogens with zero attached hydrogens (tertiary/aromatic N) is 3. The zero-order valence-electron chi connectivity index (χ0n) is 10.7. The number of ether oxygens (including phenoxy) is 1. The van der Waals surface area contributed by atoms with E-state index in [4.69, 9.17) is 16.3 Å². The number of rotatable bonds is 2. The van der Waals surface area contributed by atoms with Crippen molar-refractivity contribution in [3.05, 3.63) is 23.2 Å². The summed E-state index contributed by atoms with van der Waals surface area (Å²) < 4.78 is 5.03. The Morgan fingerprint density at radius 2 is 1.94 bits per heavy atom. The van der Waals surface area contributed by atoms with E-state index < -0.39 is 11.7 Å². The van der Waals surface area contributed by atoms with Crippen LogP contribution in [-0.4, -0.2) is 27.4 Å². The van der Waals surface area contributed by atoms with Crippen LogP contribution in [0.2, 0.25) is 5.28 Å². The van der Waals surface area contributed by atoms with Crippen LogP contribution in [0.3, 0.4) is 0 Å². The van der Waals surface area contributed by atoms with Crippen molar-refractivity contribution in [1.29, 1.82) is 0 Å². The van der Waals surface area contributed by atoms with Gasteiger partial charge in [0.25, 0.3) is 0 Å². The van der Waals surface area contributed by atoms with E-state index in [-0.39, 0.29) is 5.28 Å². The zero-order valence-corrected chi connectivity index (χ0v) is 11.4. The molecule has 6 nitrogen and oxygen atoms in total. The summed E-state index contributed by atoms with van der Waals surface area (Å²) in [6.45, 7) is 7.03. The Labute approximate surface area is 110 Å². The molecule has 1 aromatic rings. The first-order chi connectivity index (χ1) is 8.28. The number of hydrazone groups is 1. The molecule has 1 aromatic heterocycles. The SMILES string of the molecule is CC(=NNC(=O)OC(C)(C)C)c1cnc(Cl)nc1. The van der Waals surface area contributed by atoms with Gasteiger partial charge < -0.3 is 4.74 Å². The maximum absolute atomic E-state index is 11.4. The van der Waals surface area contributed by atoms with Crippen LogP contribution in [-0.2, 0) is 4.74 Å². The molecular weight excluding hydrogens is 256 g/mol. The van der Waals surface area contributed by atoms with Gasteiger partial charge >= 0.3 is 6.09 Å². The van der Waals surface area contributed by atoms with E-state index in [1.807, 2.05) is 0 Å². The van der Waals surface area contributed by atoms with Crippen molar-refractivity contribution in [2.24, 2.45) is 5.10 Å². The molecular formula is C11H15ClN4O2. The molecule has 0 spiro atoms. The summed E-state index contributed by atoms with van der Waals surface area (Å²) in [5, 5.41) is 4.04. The summed E-state index contributed by atoms with van der Waals surface area (Å²) in [6.07, 6.45) is 2.42. The minimum atomic E-state index is -0.614. The third-order valence-corrected chi connectivity index (χ3v) is 1.95. The number of aromatic nitrogens is 2. The summed E-state index contributed by atoms with van der Waals surface area (Å²) in [5.74, 6) is 0. The van der Waals surface area contributed by atoms with Gasteiger partial charge in [-0.1, -0.05) is 0 Å². The van der Waals surface area contributed by atoms with Crippen LogP contribution in [0.1, 0.15) is 33.3 Å². The predicted octanol–water partition coefficient (Wildman–Crippen LogP) is 2.38. The van der Waals surface area contributed by atoms with Crippen molar-refractivity contribution in [2.75, 3.05) is 0 Å². The maximum atomic E-state index is 11.4. The van der Waals surface area contributed by atoms with E-state index in [9.17, 15) is 4.79 Å². The van der Waals surface area contributed by atoms with E-state index in [1.54, 1.807) is 27.7 Å². The number of carbonyl (C=O) groups excluding carboxylic acids is 1. The molecule has 0 fully saturated rings. The molecule has 7 heteroatoms. The Morgan fingerprint density at radius 3 is 2.44 bits per heavy atom. The van der Waals surface area contributed by atoms with Gasteiger partial charge in [-0.15, -0.1) is 0 Å². The van der Waals surface area contributed by atoms with E-state index in [2.05, 4.69) is 20.5 Å². The minimum absolute atomic E-state index is 0.159. The summed E-state index contributed by atoms with van der Waals surface area (Å²) in [6, 6.07) is 0. The quantitative estimate of drug-likeness (QED) is 0.508. The highest BCUT2D eigenvalue weighted by atomic mass is 35.5. The summed E-state index contributed by atoms with van der Waals surface area (Å²) in [5.41, 5.74) is 2.95. The van der Waals surface area contributed by atoms with Gasteiger partial charge in [-0.3, -0.25) is 0 Å². The van der Waals surface area contributed by atoms with Crippen LogP contribution in [0.4, 0.5) is 4.79 Å². The highest BCUT2D eigenvalue weighted by molar-refractivity contribution is 6.28. The highest BCUT2D eigenvalue weighted by Gasteiger charge is 2.15. The second kappa shape index (κ2) is 5.77. The molecule has 0 aromatic carbocycles. The molecule has 0 aliphatic heterocycles. The van der Waals surface area contributed by atoms with E-state index in [1.165, 1.54) is 12.4 Å². The summed E-state index contributed by atoms with van der Waals surface area (Å²) in [7, 11) is 0. The third kappa shape index (κ3) is 5.09. The molecule has 0 bridgehead atoms. The number of halogens is 1. The highest BCUT2D eigenvalue weighted by Crippen LogP contribution is 2.06. The molecule has 1 N–H and O–H groups in total.